The Kier molecular flexibility index (Phi) is 7.26. The first-order valence-electron chi connectivity index (χ1n) is 6.93. The lowest BCUT2D eigenvalue weighted by molar-refractivity contribution is -0.137. The van der Waals surface area contributed by atoms with Gasteiger partial charge in [-0.25, -0.2) is 0 Å². The third kappa shape index (κ3) is 5.22. The fourth-order valence-electron chi connectivity index (χ4n) is 2.17. The van der Waals surface area contributed by atoms with E-state index in [4.69, 9.17) is 0 Å². The van der Waals surface area contributed by atoms with Crippen LogP contribution in [0.5, 0.6) is 0 Å². The van der Waals surface area contributed by atoms with Gasteiger partial charge in [-0.3, -0.25) is 4.79 Å². The summed E-state index contributed by atoms with van der Waals surface area (Å²) in [5, 5.41) is 6.74. The predicted molar refractivity (Wildman–Crippen MR) is 91.8 cm³/mol. The van der Waals surface area contributed by atoms with Gasteiger partial charge in [0.2, 0.25) is 0 Å². The molecule has 1 aromatic heterocycles. The quantitative estimate of drug-likeness (QED) is 0.844. The molecule has 1 amide bonds. The number of nitrogens with one attached hydrogen (secondary N) is 1. The van der Waals surface area contributed by atoms with Crippen molar-refractivity contribution >= 4 is 29.7 Å². The minimum Gasteiger partial charge on any atom is -0.350 e. The second-order valence-electron chi connectivity index (χ2n) is 5.32. The summed E-state index contributed by atoms with van der Waals surface area (Å²) in [5.74, 6) is -0.388. The number of carbonyl (C=O) groups is 1. The van der Waals surface area contributed by atoms with Crippen LogP contribution in [-0.4, -0.2) is 31.4 Å². The largest absolute Gasteiger partial charge is 0.416 e. The zero-order valence-electron chi connectivity index (χ0n) is 13.1. The summed E-state index contributed by atoms with van der Waals surface area (Å²) < 4.78 is 37.5. The van der Waals surface area contributed by atoms with Gasteiger partial charge in [0.05, 0.1) is 11.6 Å². The van der Waals surface area contributed by atoms with Crippen LogP contribution in [0.2, 0.25) is 0 Å². The summed E-state index contributed by atoms with van der Waals surface area (Å²) in [5.41, 5.74) is 0.534. The highest BCUT2D eigenvalue weighted by molar-refractivity contribution is 7.07. The highest BCUT2D eigenvalue weighted by Gasteiger charge is 2.30. The second-order valence-corrected chi connectivity index (χ2v) is 6.10. The number of nitrogens with zero attached hydrogens (tertiary/aromatic N) is 1. The Morgan fingerprint density at radius 1 is 1.21 bits per heavy atom. The van der Waals surface area contributed by atoms with E-state index in [1.165, 1.54) is 12.1 Å². The average Bonchev–Trinajstić information content (AvgIpc) is 3.00. The van der Waals surface area contributed by atoms with Crippen LogP contribution in [0.25, 0.3) is 0 Å². The number of carbonyl (C=O) groups excluding carboxylic acids is 1. The highest BCUT2D eigenvalue weighted by Crippen LogP contribution is 2.29. The Morgan fingerprint density at radius 3 is 2.29 bits per heavy atom. The van der Waals surface area contributed by atoms with Gasteiger partial charge in [0, 0.05) is 12.1 Å². The molecule has 1 heterocycles. The normalized spacial score (nSPS) is 12.6. The summed E-state index contributed by atoms with van der Waals surface area (Å²) in [6.45, 7) is 0.379. The first-order valence-corrected chi connectivity index (χ1v) is 7.87. The molecular formula is C16H18ClF3N2OS. The van der Waals surface area contributed by atoms with Crippen molar-refractivity contribution in [3.63, 3.8) is 0 Å². The maximum Gasteiger partial charge on any atom is 0.416 e. The fourth-order valence-corrected chi connectivity index (χ4v) is 2.87. The number of benzene rings is 1. The summed E-state index contributed by atoms with van der Waals surface area (Å²) in [6, 6.07) is 6.20. The third-order valence-corrected chi connectivity index (χ3v) is 4.18. The minimum absolute atomic E-state index is 0. The molecule has 2 aromatic rings. The standard InChI is InChI=1S/C16H17F3N2OS.ClH/c1-21(2)14(12-7-8-23-10-12)9-20-15(22)11-3-5-13(6-4-11)16(17,18)19;/h3-8,10,14H,9H2,1-2H3,(H,20,22);1H. The molecule has 1 unspecified atom stereocenters. The van der Waals surface area contributed by atoms with Crippen LogP contribution in [0.1, 0.15) is 27.5 Å². The number of amides is 1. The Morgan fingerprint density at radius 2 is 1.83 bits per heavy atom. The van der Waals surface area contributed by atoms with Crippen LogP contribution in [0.4, 0.5) is 13.2 Å². The van der Waals surface area contributed by atoms with Crippen LogP contribution >= 0.6 is 23.7 Å². The molecule has 0 saturated carbocycles. The number of halogens is 4. The molecule has 0 aliphatic carbocycles. The van der Waals surface area contributed by atoms with E-state index in [0.717, 1.165) is 17.7 Å². The monoisotopic (exact) mass is 378 g/mol. The van der Waals surface area contributed by atoms with Crippen molar-refractivity contribution in [3.8, 4) is 0 Å². The van der Waals surface area contributed by atoms with E-state index in [1.807, 2.05) is 35.8 Å². The van der Waals surface area contributed by atoms with Gasteiger partial charge in [-0.05, 0) is 60.8 Å². The van der Waals surface area contributed by atoms with Crippen molar-refractivity contribution in [3.05, 3.63) is 57.8 Å². The maximum absolute atomic E-state index is 12.5. The van der Waals surface area contributed by atoms with Crippen LogP contribution < -0.4 is 5.32 Å². The van der Waals surface area contributed by atoms with Crippen molar-refractivity contribution in [2.24, 2.45) is 0 Å². The molecule has 0 spiro atoms. The van der Waals surface area contributed by atoms with E-state index < -0.39 is 11.7 Å². The van der Waals surface area contributed by atoms with Crippen LogP contribution in [0, 0.1) is 0 Å². The smallest absolute Gasteiger partial charge is 0.350 e. The molecule has 8 heteroatoms. The summed E-state index contributed by atoms with van der Waals surface area (Å²) in [6.07, 6.45) is -4.40. The van der Waals surface area contributed by atoms with Crippen LogP contribution in [0.15, 0.2) is 41.1 Å². The van der Waals surface area contributed by atoms with Gasteiger partial charge in [0.15, 0.2) is 0 Å². The average molecular weight is 379 g/mol. The topological polar surface area (TPSA) is 32.3 Å². The van der Waals surface area contributed by atoms with Crippen LogP contribution in [-0.2, 0) is 6.18 Å². The van der Waals surface area contributed by atoms with Crippen LogP contribution in [0.3, 0.4) is 0 Å². The molecule has 132 valence electrons. The van der Waals surface area contributed by atoms with E-state index in [-0.39, 0.29) is 29.9 Å². The summed E-state index contributed by atoms with van der Waals surface area (Å²) >= 11 is 1.57. The molecule has 0 fully saturated rings. The lowest BCUT2D eigenvalue weighted by Crippen LogP contribution is -2.34. The van der Waals surface area contributed by atoms with Crippen molar-refractivity contribution in [1.82, 2.24) is 10.2 Å². The van der Waals surface area contributed by atoms with E-state index in [0.29, 0.717) is 6.54 Å². The van der Waals surface area contributed by atoms with E-state index in [9.17, 15) is 18.0 Å². The highest BCUT2D eigenvalue weighted by atomic mass is 35.5. The number of likely N-dealkylation sites (N-methyl/N-ethyl adjacent to an activating group) is 1. The van der Waals surface area contributed by atoms with Gasteiger partial charge in [-0.2, -0.15) is 24.5 Å². The third-order valence-electron chi connectivity index (χ3n) is 3.48. The van der Waals surface area contributed by atoms with E-state index in [1.54, 1.807) is 11.3 Å². The van der Waals surface area contributed by atoms with Gasteiger partial charge in [0.25, 0.3) is 5.91 Å². The number of hydrogen-bond donors (Lipinski definition) is 1. The van der Waals surface area contributed by atoms with Crippen molar-refractivity contribution in [2.45, 2.75) is 12.2 Å². The Labute approximate surface area is 148 Å². The molecule has 1 atom stereocenters. The van der Waals surface area contributed by atoms with E-state index in [2.05, 4.69) is 5.32 Å². The number of alkyl halides is 3. The summed E-state index contributed by atoms with van der Waals surface area (Å²) in [4.78, 5) is 14.1. The molecule has 0 aliphatic heterocycles. The van der Waals surface area contributed by atoms with Crippen molar-refractivity contribution in [1.29, 1.82) is 0 Å². The van der Waals surface area contributed by atoms with Crippen molar-refractivity contribution < 1.29 is 18.0 Å². The molecule has 0 radical (unpaired) electrons. The first-order chi connectivity index (χ1) is 10.8. The molecule has 0 aliphatic rings. The molecule has 3 nitrogen and oxygen atoms in total. The van der Waals surface area contributed by atoms with Crippen molar-refractivity contribution in [2.75, 3.05) is 20.6 Å². The van der Waals surface area contributed by atoms with Gasteiger partial charge >= 0.3 is 6.18 Å². The number of rotatable bonds is 5. The van der Waals surface area contributed by atoms with E-state index >= 15 is 0 Å². The number of hydrogen-bond acceptors (Lipinski definition) is 3. The maximum atomic E-state index is 12.5. The molecule has 24 heavy (non-hydrogen) atoms. The Balaban J connectivity index is 0.00000288. The lowest BCUT2D eigenvalue weighted by atomic mass is 10.1. The first kappa shape index (κ1) is 20.5. The molecule has 2 rings (SSSR count). The molecule has 0 saturated heterocycles. The molecule has 1 N–H and O–H groups in total. The molecular weight excluding hydrogens is 361 g/mol. The zero-order chi connectivity index (χ0) is 17.0. The minimum atomic E-state index is -4.40. The van der Waals surface area contributed by atoms with Gasteiger partial charge in [-0.1, -0.05) is 0 Å². The van der Waals surface area contributed by atoms with Gasteiger partial charge in [0.1, 0.15) is 0 Å². The predicted octanol–water partition coefficient (Wildman–Crippen LogP) is 4.22. The fraction of sp³-hybridized carbons (Fsp3) is 0.312. The molecule has 0 bridgehead atoms. The van der Waals surface area contributed by atoms with Gasteiger partial charge in [-0.15, -0.1) is 12.4 Å². The second kappa shape index (κ2) is 8.50. The number of thiophene rings is 1. The molecule has 1 aromatic carbocycles. The Bertz CT molecular complexity index is 642. The summed E-state index contributed by atoms with van der Waals surface area (Å²) in [7, 11) is 3.82. The zero-order valence-corrected chi connectivity index (χ0v) is 14.8. The Hall–Kier alpha value is -1.57. The lowest BCUT2D eigenvalue weighted by Gasteiger charge is -2.24. The SMILES string of the molecule is CN(C)C(CNC(=O)c1ccc(C(F)(F)F)cc1)c1ccsc1.Cl. The van der Waals surface area contributed by atoms with Gasteiger partial charge < -0.3 is 10.2 Å².